The number of nitro benzene ring substituents is 1. The number of anilines is 2. The Hall–Kier alpha value is -5.42. The number of thioether (sulfide) groups is 1. The van der Waals surface area contributed by atoms with Gasteiger partial charge >= 0.3 is 0 Å². The first-order chi connectivity index (χ1) is 23.6. The Labute approximate surface area is 296 Å². The second kappa shape index (κ2) is 16.1. The molecule has 0 bridgehead atoms. The number of amides is 3. The Morgan fingerprint density at radius 3 is 2.04 bits per heavy atom. The number of carbonyl (C=O) groups excluding carboxylic acids is 3. The van der Waals surface area contributed by atoms with E-state index in [0.717, 1.165) is 10.5 Å². The first-order valence-electron chi connectivity index (χ1n) is 14.8. The van der Waals surface area contributed by atoms with Crippen LogP contribution < -0.4 is 16.0 Å². The Morgan fingerprint density at radius 1 is 0.796 bits per heavy atom. The molecule has 0 radical (unpaired) electrons. The summed E-state index contributed by atoms with van der Waals surface area (Å²) in [6.07, 6.45) is 1.42. The van der Waals surface area contributed by atoms with Crippen molar-refractivity contribution in [3.05, 3.63) is 169 Å². The third-order valence-corrected chi connectivity index (χ3v) is 9.13. The topological polar surface area (TPSA) is 130 Å². The summed E-state index contributed by atoms with van der Waals surface area (Å²) in [6.45, 7) is 1.69. The molecule has 0 heterocycles. The van der Waals surface area contributed by atoms with E-state index < -0.39 is 22.0 Å². The highest BCUT2D eigenvalue weighted by atomic mass is 35.5. The molecular weight excluding hydrogens is 683 g/mol. The van der Waals surface area contributed by atoms with Crippen LogP contribution >= 0.6 is 35.0 Å². The molecule has 3 amide bonds. The molecule has 5 aromatic carbocycles. The van der Waals surface area contributed by atoms with Crippen LogP contribution in [0.4, 0.5) is 17.1 Å². The lowest BCUT2D eigenvalue weighted by Gasteiger charge is -2.18. The smallest absolute Gasteiger partial charge is 0.272 e. The van der Waals surface area contributed by atoms with Gasteiger partial charge < -0.3 is 16.0 Å². The van der Waals surface area contributed by atoms with Gasteiger partial charge in [0.05, 0.1) is 4.92 Å². The molecule has 0 saturated heterocycles. The molecule has 0 spiro atoms. The molecule has 49 heavy (non-hydrogen) atoms. The highest BCUT2D eigenvalue weighted by Gasteiger charge is 2.24. The summed E-state index contributed by atoms with van der Waals surface area (Å²) in [5, 5.41) is 19.5. The van der Waals surface area contributed by atoms with E-state index in [4.69, 9.17) is 23.2 Å². The third kappa shape index (κ3) is 9.14. The lowest BCUT2D eigenvalue weighted by molar-refractivity contribution is -0.384. The van der Waals surface area contributed by atoms with Crippen molar-refractivity contribution < 1.29 is 19.3 Å². The van der Waals surface area contributed by atoms with Crippen LogP contribution in [0.2, 0.25) is 10.0 Å². The number of hydrogen-bond acceptors (Lipinski definition) is 6. The molecule has 9 nitrogen and oxygen atoms in total. The van der Waals surface area contributed by atoms with E-state index in [2.05, 4.69) is 16.0 Å². The Kier molecular flexibility index (Phi) is 11.5. The van der Waals surface area contributed by atoms with Crippen LogP contribution in [0.3, 0.4) is 0 Å². The molecule has 0 saturated carbocycles. The van der Waals surface area contributed by atoms with Crippen LogP contribution in [0.1, 0.15) is 32.3 Å². The van der Waals surface area contributed by atoms with E-state index >= 15 is 0 Å². The zero-order valence-electron chi connectivity index (χ0n) is 25.9. The molecule has 0 aromatic heterocycles. The summed E-state index contributed by atoms with van der Waals surface area (Å²) in [5.41, 5.74) is 2.79. The van der Waals surface area contributed by atoms with Gasteiger partial charge in [0, 0.05) is 49.6 Å². The number of hydrogen-bond donors (Lipinski definition) is 3. The number of nitrogens with zero attached hydrogens (tertiary/aromatic N) is 1. The fraction of sp³-hybridized carbons (Fsp3) is 0.0541. The third-order valence-electron chi connectivity index (χ3n) is 7.20. The van der Waals surface area contributed by atoms with Crippen molar-refractivity contribution in [2.75, 3.05) is 10.6 Å². The van der Waals surface area contributed by atoms with E-state index in [1.54, 1.807) is 79.7 Å². The van der Waals surface area contributed by atoms with Crippen LogP contribution in [-0.2, 0) is 9.59 Å². The minimum Gasteiger partial charge on any atom is -0.325 e. The first kappa shape index (κ1) is 34.9. The highest BCUT2D eigenvalue weighted by molar-refractivity contribution is 8.00. The van der Waals surface area contributed by atoms with Gasteiger partial charge in [0.1, 0.15) is 10.9 Å². The van der Waals surface area contributed by atoms with Crippen LogP contribution in [-0.4, -0.2) is 22.6 Å². The largest absolute Gasteiger partial charge is 0.325 e. The molecule has 0 aliphatic rings. The second-order valence-corrected chi connectivity index (χ2v) is 12.6. The monoisotopic (exact) mass is 710 g/mol. The van der Waals surface area contributed by atoms with Gasteiger partial charge in [0.25, 0.3) is 17.5 Å². The Balaban J connectivity index is 1.35. The lowest BCUT2D eigenvalue weighted by Crippen LogP contribution is -2.30. The molecule has 3 N–H and O–H groups in total. The fourth-order valence-electron chi connectivity index (χ4n) is 4.69. The molecule has 12 heteroatoms. The number of benzene rings is 5. The van der Waals surface area contributed by atoms with Crippen LogP contribution in [0.5, 0.6) is 0 Å². The van der Waals surface area contributed by atoms with Crippen molar-refractivity contribution in [3.63, 3.8) is 0 Å². The fourth-order valence-corrected chi connectivity index (χ4v) is 6.22. The standard InChI is InChI=1S/C37H28Cl2N4O5S/c1-23-21-27(43(47)48)17-20-32(23)41-37(46)34(24-9-4-2-5-10-24)49-28-18-15-26(16-19-28)40-36(45)33(22-29-30(38)13-8-14-31(29)39)42-35(44)25-11-6-3-7-12-25/h2-22,34H,1H3,(H,40,45)(H,41,46)(H,42,44)/b33-22-. The van der Waals surface area contributed by atoms with Crippen molar-refractivity contribution >= 4 is 75.8 Å². The van der Waals surface area contributed by atoms with Gasteiger partial charge in [0.2, 0.25) is 5.91 Å². The van der Waals surface area contributed by atoms with Crippen molar-refractivity contribution in [1.82, 2.24) is 5.32 Å². The second-order valence-electron chi connectivity index (χ2n) is 10.6. The molecule has 0 fully saturated rings. The van der Waals surface area contributed by atoms with E-state index in [1.165, 1.54) is 36.0 Å². The maximum Gasteiger partial charge on any atom is 0.272 e. The average Bonchev–Trinajstić information content (AvgIpc) is 3.10. The van der Waals surface area contributed by atoms with Crippen molar-refractivity contribution in [2.45, 2.75) is 17.1 Å². The summed E-state index contributed by atoms with van der Waals surface area (Å²) < 4.78 is 0. The molecule has 0 aliphatic carbocycles. The number of aryl methyl sites for hydroxylation is 1. The molecule has 246 valence electrons. The minimum atomic E-state index is -0.667. The Bertz CT molecular complexity index is 2020. The number of carbonyl (C=O) groups is 3. The predicted molar refractivity (Wildman–Crippen MR) is 195 cm³/mol. The highest BCUT2D eigenvalue weighted by Crippen LogP contribution is 2.37. The van der Waals surface area contributed by atoms with Crippen molar-refractivity contribution in [2.24, 2.45) is 0 Å². The van der Waals surface area contributed by atoms with Gasteiger partial charge in [0.15, 0.2) is 0 Å². The minimum absolute atomic E-state index is 0.0643. The number of nitro groups is 1. The first-order valence-corrected chi connectivity index (χ1v) is 16.4. The maximum atomic E-state index is 13.6. The summed E-state index contributed by atoms with van der Waals surface area (Å²) >= 11 is 14.0. The summed E-state index contributed by atoms with van der Waals surface area (Å²) in [5.74, 6) is -1.42. The summed E-state index contributed by atoms with van der Waals surface area (Å²) in [6, 6.07) is 33.7. The zero-order chi connectivity index (χ0) is 34.9. The summed E-state index contributed by atoms with van der Waals surface area (Å²) in [4.78, 5) is 51.5. The summed E-state index contributed by atoms with van der Waals surface area (Å²) in [7, 11) is 0. The quantitative estimate of drug-likeness (QED) is 0.0543. The van der Waals surface area contributed by atoms with Crippen molar-refractivity contribution in [1.29, 1.82) is 0 Å². The number of halogens is 2. The van der Waals surface area contributed by atoms with Gasteiger partial charge in [-0.2, -0.15) is 0 Å². The van der Waals surface area contributed by atoms with Crippen LogP contribution in [0.25, 0.3) is 6.08 Å². The molecular formula is C37H28Cl2N4O5S. The predicted octanol–water partition coefficient (Wildman–Crippen LogP) is 9.09. The lowest BCUT2D eigenvalue weighted by atomic mass is 10.1. The number of rotatable bonds is 11. The van der Waals surface area contributed by atoms with Gasteiger partial charge in [-0.1, -0.05) is 77.8 Å². The van der Waals surface area contributed by atoms with E-state index in [0.29, 0.717) is 38.1 Å². The zero-order valence-corrected chi connectivity index (χ0v) is 28.2. The van der Waals surface area contributed by atoms with Gasteiger partial charge in [-0.3, -0.25) is 24.5 Å². The molecule has 0 aliphatic heterocycles. The van der Waals surface area contributed by atoms with Gasteiger partial charge in [-0.25, -0.2) is 0 Å². The number of non-ortho nitro benzene ring substituents is 1. The Morgan fingerprint density at radius 2 is 1.43 bits per heavy atom. The molecule has 1 atom stereocenters. The van der Waals surface area contributed by atoms with Crippen molar-refractivity contribution in [3.8, 4) is 0 Å². The van der Waals surface area contributed by atoms with Gasteiger partial charge in [-0.05, 0) is 78.7 Å². The normalized spacial score (nSPS) is 11.7. The molecule has 5 rings (SSSR count). The SMILES string of the molecule is Cc1cc([N+](=O)[O-])ccc1NC(=O)C(Sc1ccc(NC(=O)/C(=C/c2c(Cl)cccc2Cl)NC(=O)c2ccccc2)cc1)c1ccccc1. The van der Waals surface area contributed by atoms with Crippen LogP contribution in [0, 0.1) is 17.0 Å². The van der Waals surface area contributed by atoms with Gasteiger partial charge in [-0.15, -0.1) is 11.8 Å². The molecule has 5 aromatic rings. The van der Waals surface area contributed by atoms with E-state index in [9.17, 15) is 24.5 Å². The maximum absolute atomic E-state index is 13.6. The van der Waals surface area contributed by atoms with E-state index in [1.807, 2.05) is 30.3 Å². The average molecular weight is 712 g/mol. The number of nitrogens with one attached hydrogen (secondary N) is 3. The molecule has 1 unspecified atom stereocenters. The van der Waals surface area contributed by atoms with Crippen LogP contribution in [0.15, 0.2) is 132 Å². The van der Waals surface area contributed by atoms with E-state index in [-0.39, 0.29) is 17.3 Å².